The Balaban J connectivity index is 1.78. The van der Waals surface area contributed by atoms with Crippen LogP contribution in [0.2, 0.25) is 0 Å². The van der Waals surface area contributed by atoms with Gasteiger partial charge in [-0.25, -0.2) is 0 Å². The topological polar surface area (TPSA) is 66.5 Å². The summed E-state index contributed by atoms with van der Waals surface area (Å²) in [5.41, 5.74) is 0.781. The van der Waals surface area contributed by atoms with E-state index in [0.717, 1.165) is 30.6 Å². The minimum absolute atomic E-state index is 0.138. The first-order valence-corrected chi connectivity index (χ1v) is 9.78. The van der Waals surface area contributed by atoms with Gasteiger partial charge in [-0.1, -0.05) is 58.1 Å². The number of rotatable bonds is 4. The van der Waals surface area contributed by atoms with Crippen LogP contribution in [0.1, 0.15) is 79.5 Å². The number of hydrogen-bond acceptors (Lipinski definition) is 3. The molecule has 1 aliphatic carbocycles. The second-order valence-electron chi connectivity index (χ2n) is 7.77. The minimum atomic E-state index is -0.771. The Bertz CT molecular complexity index is 655. The van der Waals surface area contributed by atoms with Crippen molar-refractivity contribution in [3.63, 3.8) is 0 Å². The average molecular weight is 356 g/mol. The zero-order chi connectivity index (χ0) is 18.7. The molecule has 1 unspecified atom stereocenters. The average Bonchev–Trinajstić information content (AvgIpc) is 2.83. The first kappa shape index (κ1) is 18.6. The van der Waals surface area contributed by atoms with Crippen LogP contribution in [-0.4, -0.2) is 34.7 Å². The van der Waals surface area contributed by atoms with Crippen LogP contribution in [0.4, 0.5) is 0 Å². The molecule has 5 heteroatoms. The van der Waals surface area contributed by atoms with Gasteiger partial charge in [0, 0.05) is 6.04 Å². The lowest BCUT2D eigenvalue weighted by atomic mass is 9.95. The van der Waals surface area contributed by atoms with Crippen molar-refractivity contribution in [2.75, 3.05) is 0 Å². The molecule has 1 aromatic rings. The van der Waals surface area contributed by atoms with Gasteiger partial charge in [-0.3, -0.25) is 19.3 Å². The molecule has 0 bridgehead atoms. The quantitative estimate of drug-likeness (QED) is 0.839. The van der Waals surface area contributed by atoms with Gasteiger partial charge in [-0.05, 0) is 30.9 Å². The number of benzene rings is 1. The number of amides is 3. The van der Waals surface area contributed by atoms with E-state index in [-0.39, 0.29) is 29.7 Å². The van der Waals surface area contributed by atoms with Crippen LogP contribution >= 0.6 is 0 Å². The number of fused-ring (bicyclic) bond motifs is 1. The largest absolute Gasteiger partial charge is 0.352 e. The van der Waals surface area contributed by atoms with Gasteiger partial charge >= 0.3 is 0 Å². The molecule has 1 aliphatic heterocycles. The standard InChI is InChI=1S/C21H28N2O3/c1-14(2)18(19(24)22-15-10-6-4-3-5-7-11-15)23-20(25)16-12-8-9-13-17(16)21(23)26/h8-9,12-15,18H,3-7,10-11H2,1-2H3,(H,22,24). The van der Waals surface area contributed by atoms with E-state index < -0.39 is 6.04 Å². The Morgan fingerprint density at radius 3 is 1.96 bits per heavy atom. The van der Waals surface area contributed by atoms with Crippen molar-refractivity contribution in [1.29, 1.82) is 0 Å². The maximum Gasteiger partial charge on any atom is 0.262 e. The normalized spacial score (nSPS) is 19.9. The van der Waals surface area contributed by atoms with Gasteiger partial charge in [0.1, 0.15) is 6.04 Å². The fourth-order valence-corrected chi connectivity index (χ4v) is 4.07. The van der Waals surface area contributed by atoms with Crippen molar-refractivity contribution < 1.29 is 14.4 Å². The van der Waals surface area contributed by atoms with Gasteiger partial charge in [-0.15, -0.1) is 0 Å². The van der Waals surface area contributed by atoms with Crippen LogP contribution < -0.4 is 5.32 Å². The van der Waals surface area contributed by atoms with Gasteiger partial charge in [0.05, 0.1) is 11.1 Å². The lowest BCUT2D eigenvalue weighted by Crippen LogP contribution is -2.54. The van der Waals surface area contributed by atoms with E-state index in [1.54, 1.807) is 24.3 Å². The predicted octanol–water partition coefficient (Wildman–Crippen LogP) is 3.54. The van der Waals surface area contributed by atoms with E-state index in [2.05, 4.69) is 5.32 Å². The number of carbonyl (C=O) groups is 3. The van der Waals surface area contributed by atoms with Gasteiger partial charge in [0.25, 0.3) is 11.8 Å². The Morgan fingerprint density at radius 1 is 0.962 bits per heavy atom. The van der Waals surface area contributed by atoms with Gasteiger partial charge in [0.2, 0.25) is 5.91 Å². The molecule has 1 aromatic carbocycles. The highest BCUT2D eigenvalue weighted by molar-refractivity contribution is 6.22. The molecule has 1 atom stereocenters. The molecule has 0 radical (unpaired) electrons. The second kappa shape index (κ2) is 8.02. The first-order valence-electron chi connectivity index (χ1n) is 9.78. The van der Waals surface area contributed by atoms with Crippen LogP contribution in [-0.2, 0) is 4.79 Å². The van der Waals surface area contributed by atoms with Crippen LogP contribution in [0, 0.1) is 5.92 Å². The van der Waals surface area contributed by atoms with E-state index in [1.165, 1.54) is 19.3 Å². The van der Waals surface area contributed by atoms with Gasteiger partial charge in [0.15, 0.2) is 0 Å². The third-order valence-electron chi connectivity index (χ3n) is 5.46. The molecule has 140 valence electrons. The number of imide groups is 1. The molecular weight excluding hydrogens is 328 g/mol. The summed E-state index contributed by atoms with van der Waals surface area (Å²) in [5.74, 6) is -1.08. The molecular formula is C21H28N2O3. The Kier molecular flexibility index (Phi) is 5.74. The van der Waals surface area contributed by atoms with E-state index in [0.29, 0.717) is 11.1 Å². The molecule has 0 aromatic heterocycles. The van der Waals surface area contributed by atoms with Crippen molar-refractivity contribution in [1.82, 2.24) is 10.2 Å². The van der Waals surface area contributed by atoms with Crippen LogP contribution in [0.5, 0.6) is 0 Å². The summed E-state index contributed by atoms with van der Waals surface area (Å²) in [4.78, 5) is 39.7. The molecule has 0 spiro atoms. The summed E-state index contributed by atoms with van der Waals surface area (Å²) in [7, 11) is 0. The molecule has 5 nitrogen and oxygen atoms in total. The molecule has 26 heavy (non-hydrogen) atoms. The molecule has 1 heterocycles. The Morgan fingerprint density at radius 2 is 1.46 bits per heavy atom. The van der Waals surface area contributed by atoms with Crippen LogP contribution in [0.3, 0.4) is 0 Å². The van der Waals surface area contributed by atoms with Crippen molar-refractivity contribution in [3.05, 3.63) is 35.4 Å². The fourth-order valence-electron chi connectivity index (χ4n) is 4.07. The number of carbonyl (C=O) groups excluding carboxylic acids is 3. The summed E-state index contributed by atoms with van der Waals surface area (Å²) in [6.07, 6.45) is 7.85. The summed E-state index contributed by atoms with van der Waals surface area (Å²) in [6, 6.07) is 6.16. The van der Waals surface area contributed by atoms with E-state index >= 15 is 0 Å². The maximum atomic E-state index is 13.0. The molecule has 1 N–H and O–H groups in total. The summed E-state index contributed by atoms with van der Waals surface area (Å²) in [5, 5.41) is 3.13. The maximum absolute atomic E-state index is 13.0. The zero-order valence-electron chi connectivity index (χ0n) is 15.7. The lowest BCUT2D eigenvalue weighted by Gasteiger charge is -2.31. The van der Waals surface area contributed by atoms with Crippen molar-refractivity contribution in [2.45, 2.75) is 70.9 Å². The highest BCUT2D eigenvalue weighted by atomic mass is 16.2. The zero-order valence-corrected chi connectivity index (χ0v) is 15.7. The number of nitrogens with zero attached hydrogens (tertiary/aromatic N) is 1. The molecule has 1 saturated carbocycles. The highest BCUT2D eigenvalue weighted by Crippen LogP contribution is 2.27. The minimum Gasteiger partial charge on any atom is -0.352 e. The van der Waals surface area contributed by atoms with Crippen LogP contribution in [0.25, 0.3) is 0 Å². The van der Waals surface area contributed by atoms with E-state index in [9.17, 15) is 14.4 Å². The fraction of sp³-hybridized carbons (Fsp3) is 0.571. The van der Waals surface area contributed by atoms with Crippen molar-refractivity contribution in [2.24, 2.45) is 5.92 Å². The molecule has 3 amide bonds. The Labute approximate surface area is 155 Å². The molecule has 0 saturated heterocycles. The second-order valence-corrected chi connectivity index (χ2v) is 7.77. The number of hydrogen-bond donors (Lipinski definition) is 1. The summed E-state index contributed by atoms with van der Waals surface area (Å²) in [6.45, 7) is 3.76. The van der Waals surface area contributed by atoms with Crippen molar-refractivity contribution >= 4 is 17.7 Å². The van der Waals surface area contributed by atoms with Crippen LogP contribution in [0.15, 0.2) is 24.3 Å². The predicted molar refractivity (Wildman–Crippen MR) is 99.8 cm³/mol. The molecule has 1 fully saturated rings. The Hall–Kier alpha value is -2.17. The van der Waals surface area contributed by atoms with Gasteiger partial charge in [-0.2, -0.15) is 0 Å². The first-order chi connectivity index (χ1) is 12.5. The van der Waals surface area contributed by atoms with Crippen molar-refractivity contribution in [3.8, 4) is 0 Å². The third-order valence-corrected chi connectivity index (χ3v) is 5.46. The lowest BCUT2D eigenvalue weighted by molar-refractivity contribution is -0.127. The monoisotopic (exact) mass is 356 g/mol. The summed E-state index contributed by atoms with van der Waals surface area (Å²) >= 11 is 0. The van der Waals surface area contributed by atoms with E-state index in [4.69, 9.17) is 0 Å². The third kappa shape index (κ3) is 3.67. The SMILES string of the molecule is CC(C)C(C(=O)NC1CCCCCCC1)N1C(=O)c2ccccc2C1=O. The van der Waals surface area contributed by atoms with E-state index in [1.807, 2.05) is 13.8 Å². The molecule has 3 rings (SSSR count). The highest BCUT2D eigenvalue weighted by Gasteiger charge is 2.44. The van der Waals surface area contributed by atoms with Gasteiger partial charge < -0.3 is 5.32 Å². The molecule has 2 aliphatic rings. The summed E-state index contributed by atoms with van der Waals surface area (Å²) < 4.78 is 0. The number of nitrogens with one attached hydrogen (secondary N) is 1. The smallest absolute Gasteiger partial charge is 0.262 e.